The van der Waals surface area contributed by atoms with E-state index in [1.165, 1.54) is 12.1 Å². The molecule has 0 aliphatic heterocycles. The molecular weight excluding hydrogens is 314 g/mol. The molecule has 0 aliphatic rings. The van der Waals surface area contributed by atoms with Crippen LogP contribution in [0.5, 0.6) is 0 Å². The van der Waals surface area contributed by atoms with E-state index in [9.17, 15) is 13.2 Å². The van der Waals surface area contributed by atoms with E-state index in [1.807, 2.05) is 18.4 Å². The monoisotopic (exact) mass is 333 g/mol. The molecule has 0 unspecified atom stereocenters. The van der Waals surface area contributed by atoms with E-state index in [2.05, 4.69) is 4.72 Å². The number of benzene rings is 2. The number of sulfonamides is 1. The largest absolute Gasteiger partial charge is 0.294 e. The van der Waals surface area contributed by atoms with Gasteiger partial charge >= 0.3 is 0 Å². The lowest BCUT2D eigenvalue weighted by molar-refractivity contribution is -0.121. The summed E-state index contributed by atoms with van der Waals surface area (Å²) >= 11 is 0. The fourth-order valence-corrected chi connectivity index (χ4v) is 3.35. The lowest BCUT2D eigenvalue weighted by Crippen LogP contribution is -2.36. The van der Waals surface area contributed by atoms with E-state index in [4.69, 9.17) is 5.84 Å². The Morgan fingerprint density at radius 2 is 1.70 bits per heavy atom. The second-order valence-corrected chi connectivity index (χ2v) is 6.88. The average Bonchev–Trinajstić information content (AvgIpc) is 2.55. The number of nitrogens with two attached hydrogens (primary N) is 1. The maximum absolute atomic E-state index is 12.5. The Kier molecular flexibility index (Phi) is 5.49. The molecule has 0 saturated carbocycles. The van der Waals surface area contributed by atoms with Crippen LogP contribution in [-0.4, -0.2) is 14.3 Å². The van der Waals surface area contributed by atoms with Crippen LogP contribution < -0.4 is 16.0 Å². The molecule has 0 heterocycles. The fourth-order valence-electron chi connectivity index (χ4n) is 2.13. The third-order valence-corrected chi connectivity index (χ3v) is 4.87. The molecule has 7 heteroatoms. The Hall–Kier alpha value is -2.22. The smallest absolute Gasteiger partial charge is 0.241 e. The van der Waals surface area contributed by atoms with Gasteiger partial charge in [0.1, 0.15) is 0 Å². The van der Waals surface area contributed by atoms with Crippen LogP contribution >= 0.6 is 0 Å². The van der Waals surface area contributed by atoms with E-state index >= 15 is 0 Å². The summed E-state index contributed by atoms with van der Waals surface area (Å²) in [4.78, 5) is 11.7. The molecule has 0 spiro atoms. The van der Waals surface area contributed by atoms with Crippen molar-refractivity contribution in [2.24, 2.45) is 5.84 Å². The summed E-state index contributed by atoms with van der Waals surface area (Å²) in [7, 11) is -3.75. The quantitative estimate of drug-likeness (QED) is 0.422. The zero-order chi connectivity index (χ0) is 16.9. The van der Waals surface area contributed by atoms with Gasteiger partial charge < -0.3 is 0 Å². The molecule has 23 heavy (non-hydrogen) atoms. The summed E-state index contributed by atoms with van der Waals surface area (Å²) in [6.45, 7) is 1.88. The molecule has 0 bridgehead atoms. The summed E-state index contributed by atoms with van der Waals surface area (Å²) in [5.41, 5.74) is 3.68. The summed E-state index contributed by atoms with van der Waals surface area (Å²) in [5, 5.41) is 0. The van der Waals surface area contributed by atoms with Gasteiger partial charge in [0.15, 0.2) is 0 Å². The molecule has 0 fully saturated rings. The Bertz CT molecular complexity index is 759. The van der Waals surface area contributed by atoms with Gasteiger partial charge in [0.25, 0.3) is 0 Å². The maximum atomic E-state index is 12.5. The summed E-state index contributed by atoms with van der Waals surface area (Å²) < 4.78 is 27.6. The molecule has 2 aromatic rings. The number of rotatable bonds is 6. The molecule has 0 aliphatic carbocycles. The summed E-state index contributed by atoms with van der Waals surface area (Å²) in [6.07, 6.45) is -0.0917. The van der Waals surface area contributed by atoms with Gasteiger partial charge in [-0.2, -0.15) is 0 Å². The van der Waals surface area contributed by atoms with E-state index in [0.717, 1.165) is 5.56 Å². The average molecular weight is 333 g/mol. The lowest BCUT2D eigenvalue weighted by Gasteiger charge is -2.18. The predicted octanol–water partition coefficient (Wildman–Crippen LogP) is 1.39. The Labute approximate surface area is 135 Å². The second kappa shape index (κ2) is 7.36. The Morgan fingerprint density at radius 3 is 2.26 bits per heavy atom. The predicted molar refractivity (Wildman–Crippen MR) is 87.6 cm³/mol. The molecule has 0 saturated heterocycles. The number of carbonyl (C=O) groups is 1. The summed E-state index contributed by atoms with van der Waals surface area (Å²) in [6, 6.07) is 14.7. The van der Waals surface area contributed by atoms with E-state index < -0.39 is 22.0 Å². The molecule has 6 nitrogen and oxygen atoms in total. The van der Waals surface area contributed by atoms with Crippen LogP contribution in [0.3, 0.4) is 0 Å². The van der Waals surface area contributed by atoms with Gasteiger partial charge in [-0.25, -0.2) is 19.0 Å². The first-order chi connectivity index (χ1) is 10.9. The molecular formula is C16H19N3O3S. The second-order valence-electron chi connectivity index (χ2n) is 5.17. The Morgan fingerprint density at radius 1 is 1.09 bits per heavy atom. The highest BCUT2D eigenvalue weighted by molar-refractivity contribution is 7.89. The first kappa shape index (κ1) is 17.1. The van der Waals surface area contributed by atoms with Crippen LogP contribution in [0.25, 0.3) is 0 Å². The first-order valence-corrected chi connectivity index (χ1v) is 8.54. The van der Waals surface area contributed by atoms with Gasteiger partial charge in [0.05, 0.1) is 10.9 Å². The van der Waals surface area contributed by atoms with Crippen LogP contribution in [0.4, 0.5) is 0 Å². The molecule has 1 amide bonds. The van der Waals surface area contributed by atoms with Gasteiger partial charge in [-0.1, -0.05) is 48.0 Å². The molecule has 4 N–H and O–H groups in total. The fraction of sp³-hybridized carbons (Fsp3) is 0.188. The van der Waals surface area contributed by atoms with Crippen LogP contribution in [-0.2, 0) is 14.8 Å². The van der Waals surface area contributed by atoms with Crippen molar-refractivity contribution in [1.82, 2.24) is 10.1 Å². The third-order valence-electron chi connectivity index (χ3n) is 3.38. The number of hydrogen-bond donors (Lipinski definition) is 3. The van der Waals surface area contributed by atoms with Gasteiger partial charge in [0, 0.05) is 6.42 Å². The number of carbonyl (C=O) groups excluding carboxylic acids is 1. The highest BCUT2D eigenvalue weighted by Crippen LogP contribution is 2.20. The van der Waals surface area contributed by atoms with Crippen LogP contribution in [0.2, 0.25) is 0 Å². The maximum Gasteiger partial charge on any atom is 0.241 e. The van der Waals surface area contributed by atoms with Crippen molar-refractivity contribution < 1.29 is 13.2 Å². The van der Waals surface area contributed by atoms with E-state index in [-0.39, 0.29) is 11.3 Å². The lowest BCUT2D eigenvalue weighted by atomic mass is 10.0. The topological polar surface area (TPSA) is 101 Å². The van der Waals surface area contributed by atoms with Crippen LogP contribution in [0.15, 0.2) is 59.5 Å². The van der Waals surface area contributed by atoms with Crippen molar-refractivity contribution in [3.8, 4) is 0 Å². The molecule has 0 aromatic heterocycles. The zero-order valence-electron chi connectivity index (χ0n) is 12.7. The first-order valence-electron chi connectivity index (χ1n) is 7.06. The van der Waals surface area contributed by atoms with Crippen molar-refractivity contribution in [2.75, 3.05) is 0 Å². The van der Waals surface area contributed by atoms with Crippen LogP contribution in [0, 0.1) is 6.92 Å². The van der Waals surface area contributed by atoms with Crippen molar-refractivity contribution in [2.45, 2.75) is 24.3 Å². The summed E-state index contributed by atoms with van der Waals surface area (Å²) in [5.74, 6) is 4.66. The number of amides is 1. The Balaban J connectivity index is 2.29. The highest BCUT2D eigenvalue weighted by Gasteiger charge is 2.23. The normalized spacial score (nSPS) is 12.6. The van der Waals surface area contributed by atoms with Gasteiger partial charge in [-0.3, -0.25) is 10.2 Å². The van der Waals surface area contributed by atoms with Crippen molar-refractivity contribution in [3.05, 3.63) is 65.7 Å². The van der Waals surface area contributed by atoms with Gasteiger partial charge in [-0.15, -0.1) is 0 Å². The minimum absolute atomic E-state index is 0.0917. The SMILES string of the molecule is Cc1ccc(S(=O)(=O)N[C@H](CC(=O)NN)c2ccccc2)cc1. The number of hydrogen-bond acceptors (Lipinski definition) is 4. The number of nitrogens with one attached hydrogen (secondary N) is 2. The van der Waals surface area contributed by atoms with E-state index in [1.54, 1.807) is 36.4 Å². The molecule has 122 valence electrons. The van der Waals surface area contributed by atoms with Gasteiger partial charge in [-0.05, 0) is 24.6 Å². The number of aryl methyl sites for hydroxylation is 1. The molecule has 0 radical (unpaired) electrons. The minimum Gasteiger partial charge on any atom is -0.294 e. The molecule has 2 rings (SSSR count). The highest BCUT2D eigenvalue weighted by atomic mass is 32.2. The number of hydrazine groups is 1. The third kappa shape index (κ3) is 4.62. The standard InChI is InChI=1S/C16H19N3O3S/c1-12-7-9-14(10-8-12)23(21,22)19-15(11-16(20)18-17)13-5-3-2-4-6-13/h2-10,15,19H,11,17H2,1H3,(H,18,20)/t15-/m1/s1. The van der Waals surface area contributed by atoms with Crippen LogP contribution in [0.1, 0.15) is 23.6 Å². The molecule has 2 aromatic carbocycles. The van der Waals surface area contributed by atoms with E-state index in [0.29, 0.717) is 5.56 Å². The van der Waals surface area contributed by atoms with Gasteiger partial charge in [0.2, 0.25) is 15.9 Å². The molecule has 1 atom stereocenters. The van der Waals surface area contributed by atoms with Crippen molar-refractivity contribution in [3.63, 3.8) is 0 Å². The van der Waals surface area contributed by atoms with Crippen molar-refractivity contribution in [1.29, 1.82) is 0 Å². The zero-order valence-corrected chi connectivity index (χ0v) is 13.5. The van der Waals surface area contributed by atoms with Crippen molar-refractivity contribution >= 4 is 15.9 Å². The minimum atomic E-state index is -3.75.